The van der Waals surface area contributed by atoms with Gasteiger partial charge in [-0.1, -0.05) is 63.2 Å². The van der Waals surface area contributed by atoms with Crippen LogP contribution in [0.2, 0.25) is 0 Å². The van der Waals surface area contributed by atoms with Crippen LogP contribution in [0.3, 0.4) is 0 Å². The van der Waals surface area contributed by atoms with E-state index in [4.69, 9.17) is 4.84 Å². The lowest BCUT2D eigenvalue weighted by atomic mass is 9.71. The fourth-order valence-electron chi connectivity index (χ4n) is 6.01. The van der Waals surface area contributed by atoms with Crippen LogP contribution >= 0.6 is 0 Å². The molecule has 4 nitrogen and oxygen atoms in total. The highest BCUT2D eigenvalue weighted by Gasteiger charge is 2.42. The molecule has 5 rings (SSSR count). The molecule has 1 aliphatic carbocycles. The molecule has 3 aromatic carbocycles. The summed E-state index contributed by atoms with van der Waals surface area (Å²) in [4.78, 5) is 18.6. The Kier molecular flexibility index (Phi) is 5.39. The van der Waals surface area contributed by atoms with Crippen molar-refractivity contribution in [1.29, 1.82) is 0 Å². The van der Waals surface area contributed by atoms with Crippen LogP contribution in [0.5, 0.6) is 0 Å². The largest absolute Gasteiger partial charge is 0.341 e. The SMILES string of the molecule is CCN1c2ccc(/C(C)=N/OC(C)=O)cc2C(C)(C)c2cc3c(cc21)C(C)(CC)c1ccccc1-3. The van der Waals surface area contributed by atoms with Crippen LogP contribution in [0.4, 0.5) is 11.4 Å². The summed E-state index contributed by atoms with van der Waals surface area (Å²) in [6, 6.07) is 20.3. The third kappa shape index (κ3) is 3.34. The smallest absolute Gasteiger partial charge is 0.331 e. The standard InChI is InChI=1S/C31H34N2O2/c1-8-31(7)24-13-11-10-12-22(24)23-17-27-29(18-25(23)31)33(9-2)28-15-14-21(16-26(28)30(27,5)6)19(3)32-35-20(4)34/h10-18H,8-9H2,1-7H3/b32-19+. The van der Waals surface area contributed by atoms with Crippen molar-refractivity contribution in [1.82, 2.24) is 0 Å². The van der Waals surface area contributed by atoms with E-state index in [1.165, 1.54) is 51.7 Å². The van der Waals surface area contributed by atoms with Crippen LogP contribution in [-0.4, -0.2) is 18.2 Å². The monoisotopic (exact) mass is 466 g/mol. The van der Waals surface area contributed by atoms with E-state index in [1.807, 2.05) is 6.92 Å². The molecule has 0 spiro atoms. The van der Waals surface area contributed by atoms with Crippen LogP contribution in [0.15, 0.2) is 59.8 Å². The molecule has 35 heavy (non-hydrogen) atoms. The molecule has 0 aromatic heterocycles. The lowest BCUT2D eigenvalue weighted by Gasteiger charge is -2.43. The molecule has 0 amide bonds. The second-order valence-corrected chi connectivity index (χ2v) is 10.5. The Morgan fingerprint density at radius 1 is 0.857 bits per heavy atom. The molecule has 0 saturated carbocycles. The minimum Gasteiger partial charge on any atom is -0.341 e. The van der Waals surface area contributed by atoms with Crippen molar-refractivity contribution in [3.05, 3.63) is 82.4 Å². The average Bonchev–Trinajstić information content (AvgIpc) is 3.10. The predicted octanol–water partition coefficient (Wildman–Crippen LogP) is 7.47. The molecule has 0 fully saturated rings. The van der Waals surface area contributed by atoms with E-state index in [1.54, 1.807) is 0 Å². The molecular formula is C31H34N2O2. The molecule has 180 valence electrons. The predicted molar refractivity (Wildman–Crippen MR) is 144 cm³/mol. The quantitative estimate of drug-likeness (QED) is 0.228. The van der Waals surface area contributed by atoms with Gasteiger partial charge in [-0.05, 0) is 83.5 Å². The highest BCUT2D eigenvalue weighted by atomic mass is 16.7. The normalized spacial score (nSPS) is 19.5. The van der Waals surface area contributed by atoms with Gasteiger partial charge in [-0.25, -0.2) is 4.79 Å². The van der Waals surface area contributed by atoms with E-state index in [0.29, 0.717) is 5.71 Å². The summed E-state index contributed by atoms with van der Waals surface area (Å²) in [5, 5.41) is 4.03. The summed E-state index contributed by atoms with van der Waals surface area (Å²) in [6.07, 6.45) is 1.06. The number of hydrogen-bond acceptors (Lipinski definition) is 4. The zero-order chi connectivity index (χ0) is 25.1. The van der Waals surface area contributed by atoms with Gasteiger partial charge in [-0.3, -0.25) is 0 Å². The molecule has 1 heterocycles. The number of rotatable bonds is 4. The van der Waals surface area contributed by atoms with E-state index in [2.05, 4.69) is 99.3 Å². The van der Waals surface area contributed by atoms with E-state index >= 15 is 0 Å². The Balaban J connectivity index is 1.72. The first kappa shape index (κ1) is 23.3. The van der Waals surface area contributed by atoms with Gasteiger partial charge in [0.05, 0.1) is 5.71 Å². The van der Waals surface area contributed by atoms with Gasteiger partial charge in [-0.15, -0.1) is 0 Å². The lowest BCUT2D eigenvalue weighted by molar-refractivity contribution is -0.140. The molecule has 1 atom stereocenters. The fraction of sp³-hybridized carbons (Fsp3) is 0.355. The van der Waals surface area contributed by atoms with E-state index in [0.717, 1.165) is 18.5 Å². The number of carbonyl (C=O) groups excluding carboxylic acids is 1. The summed E-state index contributed by atoms with van der Waals surface area (Å²) in [6.45, 7) is 15.6. The van der Waals surface area contributed by atoms with Gasteiger partial charge >= 0.3 is 5.97 Å². The van der Waals surface area contributed by atoms with E-state index in [-0.39, 0.29) is 10.8 Å². The van der Waals surface area contributed by atoms with E-state index < -0.39 is 5.97 Å². The Bertz CT molecular complexity index is 1380. The molecule has 0 saturated heterocycles. The van der Waals surface area contributed by atoms with Crippen LogP contribution in [0.1, 0.15) is 82.7 Å². The summed E-state index contributed by atoms with van der Waals surface area (Å²) in [7, 11) is 0. The molecule has 0 N–H and O–H groups in total. The van der Waals surface area contributed by atoms with Crippen molar-refractivity contribution in [2.45, 2.75) is 65.7 Å². The number of oxime groups is 1. The van der Waals surface area contributed by atoms with Gasteiger partial charge in [0.1, 0.15) is 0 Å². The van der Waals surface area contributed by atoms with Crippen LogP contribution < -0.4 is 4.90 Å². The van der Waals surface area contributed by atoms with Crippen molar-refractivity contribution in [3.8, 4) is 11.1 Å². The highest BCUT2D eigenvalue weighted by Crippen LogP contribution is 2.56. The summed E-state index contributed by atoms with van der Waals surface area (Å²) in [5.41, 5.74) is 12.2. The molecular weight excluding hydrogens is 432 g/mol. The number of hydrogen-bond donors (Lipinski definition) is 0. The Morgan fingerprint density at radius 2 is 1.57 bits per heavy atom. The zero-order valence-electron chi connectivity index (χ0n) is 21.8. The number of nitrogens with zero attached hydrogens (tertiary/aromatic N) is 2. The first-order valence-corrected chi connectivity index (χ1v) is 12.6. The maximum absolute atomic E-state index is 11.2. The average molecular weight is 467 g/mol. The first-order chi connectivity index (χ1) is 16.6. The number of carbonyl (C=O) groups is 1. The molecule has 0 radical (unpaired) electrons. The minimum absolute atomic E-state index is 0.0128. The van der Waals surface area contributed by atoms with Crippen LogP contribution in [-0.2, 0) is 20.5 Å². The van der Waals surface area contributed by atoms with Crippen molar-refractivity contribution >= 4 is 23.1 Å². The van der Waals surface area contributed by atoms with Crippen molar-refractivity contribution < 1.29 is 9.63 Å². The number of anilines is 2. The fourth-order valence-corrected chi connectivity index (χ4v) is 6.01. The summed E-state index contributed by atoms with van der Waals surface area (Å²) < 4.78 is 0. The van der Waals surface area contributed by atoms with E-state index in [9.17, 15) is 4.79 Å². The zero-order valence-corrected chi connectivity index (χ0v) is 21.8. The van der Waals surface area contributed by atoms with Crippen molar-refractivity contribution in [2.75, 3.05) is 11.4 Å². The summed E-state index contributed by atoms with van der Waals surface area (Å²) >= 11 is 0. The van der Waals surface area contributed by atoms with Crippen molar-refractivity contribution in [3.63, 3.8) is 0 Å². The van der Waals surface area contributed by atoms with Gasteiger partial charge in [0, 0.05) is 35.7 Å². The minimum atomic E-state index is -0.415. The summed E-state index contributed by atoms with van der Waals surface area (Å²) in [5.74, 6) is -0.415. The van der Waals surface area contributed by atoms with Crippen molar-refractivity contribution in [2.24, 2.45) is 5.16 Å². The second-order valence-electron chi connectivity index (χ2n) is 10.5. The molecule has 0 bridgehead atoms. The molecule has 3 aromatic rings. The van der Waals surface area contributed by atoms with Crippen LogP contribution in [0.25, 0.3) is 11.1 Å². The molecule has 1 unspecified atom stereocenters. The molecule has 4 heteroatoms. The Morgan fingerprint density at radius 3 is 2.26 bits per heavy atom. The topological polar surface area (TPSA) is 41.9 Å². The second kappa shape index (κ2) is 8.08. The first-order valence-electron chi connectivity index (χ1n) is 12.6. The van der Waals surface area contributed by atoms with Crippen LogP contribution in [0, 0.1) is 0 Å². The molecule has 1 aliphatic heterocycles. The van der Waals surface area contributed by atoms with Gasteiger partial charge in [0.15, 0.2) is 0 Å². The van der Waals surface area contributed by atoms with Gasteiger partial charge in [-0.2, -0.15) is 0 Å². The third-order valence-electron chi connectivity index (χ3n) is 8.22. The Labute approximate surface area is 208 Å². The van der Waals surface area contributed by atoms with Gasteiger partial charge < -0.3 is 9.74 Å². The van der Waals surface area contributed by atoms with Gasteiger partial charge in [0.2, 0.25) is 0 Å². The number of benzene rings is 3. The third-order valence-corrected chi connectivity index (χ3v) is 8.22. The van der Waals surface area contributed by atoms with Gasteiger partial charge in [0.25, 0.3) is 0 Å². The highest BCUT2D eigenvalue weighted by molar-refractivity contribution is 6.00. The maximum atomic E-state index is 11.2. The molecule has 2 aliphatic rings. The maximum Gasteiger partial charge on any atom is 0.331 e. The number of fused-ring (bicyclic) bond motifs is 5. The lowest BCUT2D eigenvalue weighted by Crippen LogP contribution is -2.33. The Hall–Kier alpha value is -3.40.